The molecule has 0 aliphatic rings. The summed E-state index contributed by atoms with van der Waals surface area (Å²) in [6, 6.07) is 3.98. The number of hydrogen-bond acceptors (Lipinski definition) is 1. The number of rotatable bonds is 2. The molecule has 1 N–H and O–H groups in total. The molecule has 12 heavy (non-hydrogen) atoms. The van der Waals surface area contributed by atoms with Gasteiger partial charge in [0, 0.05) is 10.6 Å². The summed E-state index contributed by atoms with van der Waals surface area (Å²) >= 11 is 10.9. The Kier molecular flexibility index (Phi) is 3.32. The summed E-state index contributed by atoms with van der Waals surface area (Å²) in [4.78, 5) is 0. The Morgan fingerprint density at radius 2 is 2.17 bits per heavy atom. The van der Waals surface area contributed by atoms with Crippen molar-refractivity contribution in [2.75, 3.05) is 5.88 Å². The Hall–Kier alpha value is -0.310. The van der Waals surface area contributed by atoms with Crippen LogP contribution in [0, 0.1) is 5.82 Å². The molecule has 0 bridgehead atoms. The van der Waals surface area contributed by atoms with Crippen LogP contribution in [-0.2, 0) is 0 Å². The summed E-state index contributed by atoms with van der Waals surface area (Å²) in [6.45, 7) is 0. The molecule has 0 aliphatic heterocycles. The normalized spacial score (nSPS) is 13.0. The molecule has 1 aromatic carbocycles. The first kappa shape index (κ1) is 9.78. The lowest BCUT2D eigenvalue weighted by Crippen LogP contribution is -2.01. The first-order chi connectivity index (χ1) is 5.65. The summed E-state index contributed by atoms with van der Waals surface area (Å²) in [6.07, 6.45) is -0.995. The molecule has 1 nitrogen and oxygen atoms in total. The largest absolute Gasteiger partial charge is 0.387 e. The highest BCUT2D eigenvalue weighted by Crippen LogP contribution is 2.21. The highest BCUT2D eigenvalue weighted by molar-refractivity contribution is 6.30. The van der Waals surface area contributed by atoms with Crippen molar-refractivity contribution in [1.29, 1.82) is 0 Å². The van der Waals surface area contributed by atoms with E-state index in [4.69, 9.17) is 23.2 Å². The Morgan fingerprint density at radius 1 is 1.50 bits per heavy atom. The van der Waals surface area contributed by atoms with Crippen molar-refractivity contribution in [2.24, 2.45) is 0 Å². The SMILES string of the molecule is OC(CCl)c1cc(Cl)ccc1F. The zero-order valence-electron chi connectivity index (χ0n) is 6.10. The van der Waals surface area contributed by atoms with Gasteiger partial charge in [0.05, 0.1) is 12.0 Å². The van der Waals surface area contributed by atoms with E-state index in [9.17, 15) is 9.50 Å². The van der Waals surface area contributed by atoms with Gasteiger partial charge in [0.15, 0.2) is 0 Å². The van der Waals surface area contributed by atoms with E-state index in [1.165, 1.54) is 18.2 Å². The first-order valence-electron chi connectivity index (χ1n) is 3.34. The summed E-state index contributed by atoms with van der Waals surface area (Å²) in [5.41, 5.74) is 0.137. The zero-order valence-corrected chi connectivity index (χ0v) is 7.61. The van der Waals surface area contributed by atoms with Crippen LogP contribution in [0.1, 0.15) is 11.7 Å². The molecule has 0 spiro atoms. The van der Waals surface area contributed by atoms with Gasteiger partial charge >= 0.3 is 0 Å². The molecule has 0 heterocycles. The van der Waals surface area contributed by atoms with E-state index in [0.29, 0.717) is 5.02 Å². The molecule has 0 fully saturated rings. The molecule has 4 heteroatoms. The predicted molar refractivity (Wildman–Crippen MR) is 47.1 cm³/mol. The van der Waals surface area contributed by atoms with Crippen molar-refractivity contribution in [3.05, 3.63) is 34.6 Å². The minimum absolute atomic E-state index is 0.0444. The minimum atomic E-state index is -0.995. The Bertz CT molecular complexity index is 278. The molecule has 1 aromatic rings. The highest BCUT2D eigenvalue weighted by atomic mass is 35.5. The lowest BCUT2D eigenvalue weighted by Gasteiger charge is -2.07. The minimum Gasteiger partial charge on any atom is -0.387 e. The topological polar surface area (TPSA) is 20.2 Å². The van der Waals surface area contributed by atoms with Crippen molar-refractivity contribution >= 4 is 23.2 Å². The molecular weight excluding hydrogens is 202 g/mol. The van der Waals surface area contributed by atoms with Gasteiger partial charge in [-0.2, -0.15) is 0 Å². The number of alkyl halides is 1. The molecule has 66 valence electrons. The molecule has 0 amide bonds. The van der Waals surface area contributed by atoms with E-state index in [2.05, 4.69) is 0 Å². The van der Waals surface area contributed by atoms with Crippen LogP contribution in [0.4, 0.5) is 4.39 Å². The van der Waals surface area contributed by atoms with Crippen molar-refractivity contribution in [3.8, 4) is 0 Å². The maximum atomic E-state index is 12.9. The Balaban J connectivity index is 3.04. The summed E-state index contributed by atoms with van der Waals surface area (Å²) in [5.74, 6) is -0.537. The molecule has 0 aromatic heterocycles. The van der Waals surface area contributed by atoms with E-state index in [1.54, 1.807) is 0 Å². The summed E-state index contributed by atoms with van der Waals surface area (Å²) < 4.78 is 12.9. The number of benzene rings is 1. The summed E-state index contributed by atoms with van der Waals surface area (Å²) in [7, 11) is 0. The van der Waals surface area contributed by atoms with Crippen LogP contribution in [-0.4, -0.2) is 11.0 Å². The quantitative estimate of drug-likeness (QED) is 0.742. The second kappa shape index (κ2) is 4.08. The fraction of sp³-hybridized carbons (Fsp3) is 0.250. The number of hydrogen-bond donors (Lipinski definition) is 1. The standard InChI is InChI=1S/C8H7Cl2FO/c9-4-8(12)6-3-5(10)1-2-7(6)11/h1-3,8,12H,4H2. The Labute approximate surface area is 79.7 Å². The second-order valence-corrected chi connectivity index (χ2v) is 3.08. The van der Waals surface area contributed by atoms with Crippen LogP contribution < -0.4 is 0 Å². The van der Waals surface area contributed by atoms with Gasteiger partial charge in [-0.05, 0) is 18.2 Å². The molecule has 1 atom stereocenters. The van der Waals surface area contributed by atoms with Crippen LogP contribution in [0.15, 0.2) is 18.2 Å². The van der Waals surface area contributed by atoms with Gasteiger partial charge in [-0.1, -0.05) is 11.6 Å². The van der Waals surface area contributed by atoms with Crippen molar-refractivity contribution in [1.82, 2.24) is 0 Å². The van der Waals surface area contributed by atoms with Gasteiger partial charge in [-0.3, -0.25) is 0 Å². The van der Waals surface area contributed by atoms with E-state index < -0.39 is 11.9 Å². The molecule has 0 saturated carbocycles. The van der Waals surface area contributed by atoms with Crippen LogP contribution in [0.5, 0.6) is 0 Å². The smallest absolute Gasteiger partial charge is 0.129 e. The van der Waals surface area contributed by atoms with Gasteiger partial charge in [-0.15, -0.1) is 11.6 Å². The van der Waals surface area contributed by atoms with Gasteiger partial charge in [0.25, 0.3) is 0 Å². The van der Waals surface area contributed by atoms with E-state index in [0.717, 1.165) is 0 Å². The molecule has 1 rings (SSSR count). The molecule has 0 saturated heterocycles. The predicted octanol–water partition coefficient (Wildman–Crippen LogP) is 2.75. The monoisotopic (exact) mass is 208 g/mol. The summed E-state index contributed by atoms with van der Waals surface area (Å²) in [5, 5.41) is 9.59. The molecule has 0 radical (unpaired) electrons. The van der Waals surface area contributed by atoms with Gasteiger partial charge in [0.1, 0.15) is 5.82 Å². The molecule has 1 unspecified atom stereocenters. The van der Waals surface area contributed by atoms with Gasteiger partial charge in [-0.25, -0.2) is 4.39 Å². The average Bonchev–Trinajstić information content (AvgIpc) is 2.08. The number of aliphatic hydroxyl groups is 1. The lowest BCUT2D eigenvalue weighted by atomic mass is 10.1. The van der Waals surface area contributed by atoms with Gasteiger partial charge < -0.3 is 5.11 Å². The lowest BCUT2D eigenvalue weighted by molar-refractivity contribution is 0.197. The number of halogens is 3. The molecule has 0 aliphatic carbocycles. The third-order valence-corrected chi connectivity index (χ3v) is 1.99. The van der Waals surface area contributed by atoms with Crippen LogP contribution in [0.2, 0.25) is 5.02 Å². The maximum Gasteiger partial charge on any atom is 0.129 e. The van der Waals surface area contributed by atoms with E-state index in [1.807, 2.05) is 0 Å². The first-order valence-corrected chi connectivity index (χ1v) is 4.25. The van der Waals surface area contributed by atoms with E-state index >= 15 is 0 Å². The number of aliphatic hydroxyl groups excluding tert-OH is 1. The fourth-order valence-corrected chi connectivity index (χ4v) is 1.20. The van der Waals surface area contributed by atoms with E-state index in [-0.39, 0.29) is 11.4 Å². The third-order valence-electron chi connectivity index (χ3n) is 1.46. The fourth-order valence-electron chi connectivity index (χ4n) is 0.853. The highest BCUT2D eigenvalue weighted by Gasteiger charge is 2.11. The van der Waals surface area contributed by atoms with Crippen LogP contribution in [0.3, 0.4) is 0 Å². The zero-order chi connectivity index (χ0) is 9.14. The van der Waals surface area contributed by atoms with Crippen molar-refractivity contribution in [3.63, 3.8) is 0 Å². The van der Waals surface area contributed by atoms with Crippen molar-refractivity contribution in [2.45, 2.75) is 6.10 Å². The van der Waals surface area contributed by atoms with Crippen LogP contribution in [0.25, 0.3) is 0 Å². The molecular formula is C8H7Cl2FO. The Morgan fingerprint density at radius 3 is 2.75 bits per heavy atom. The second-order valence-electron chi connectivity index (χ2n) is 2.34. The van der Waals surface area contributed by atoms with Crippen LogP contribution >= 0.6 is 23.2 Å². The third kappa shape index (κ3) is 2.09. The van der Waals surface area contributed by atoms with Crippen molar-refractivity contribution < 1.29 is 9.50 Å². The van der Waals surface area contributed by atoms with Gasteiger partial charge in [0.2, 0.25) is 0 Å². The maximum absolute atomic E-state index is 12.9. The average molecular weight is 209 g/mol.